The minimum Gasteiger partial charge on any atom is -0.319 e. The molecule has 1 unspecified atom stereocenters. The fraction of sp³-hybridized carbons (Fsp3) is 0.875. The molecule has 0 bridgehead atoms. The van der Waals surface area contributed by atoms with Crippen molar-refractivity contribution < 1.29 is 0 Å². The maximum Gasteiger partial charge on any atom is -0.0560 e. The van der Waals surface area contributed by atoms with E-state index in [0.29, 0.717) is 0 Å². The molecular formula is C8H17-. The van der Waals surface area contributed by atoms with Crippen molar-refractivity contribution in [1.82, 2.24) is 0 Å². The summed E-state index contributed by atoms with van der Waals surface area (Å²) in [6.45, 7) is 8.94. The lowest BCUT2D eigenvalue weighted by atomic mass is 9.97. The van der Waals surface area contributed by atoms with E-state index in [1.807, 2.05) is 0 Å². The van der Waals surface area contributed by atoms with E-state index in [4.69, 9.17) is 0 Å². The van der Waals surface area contributed by atoms with Crippen LogP contribution < -0.4 is 0 Å². The molecule has 0 aromatic heterocycles. The Bertz CT molecular complexity index is 46.0. The molecule has 0 aromatic rings. The van der Waals surface area contributed by atoms with E-state index < -0.39 is 0 Å². The third kappa shape index (κ3) is 4.17. The van der Waals surface area contributed by atoms with Crippen molar-refractivity contribution in [1.29, 1.82) is 0 Å². The van der Waals surface area contributed by atoms with Crippen LogP contribution in [0, 0.1) is 11.8 Å². The molecule has 8 heavy (non-hydrogen) atoms. The SMILES string of the molecule is CCC(C)C[C-](C)C. The molecule has 0 aliphatic carbocycles. The van der Waals surface area contributed by atoms with Crippen molar-refractivity contribution in [2.45, 2.75) is 40.5 Å². The summed E-state index contributed by atoms with van der Waals surface area (Å²) in [6.07, 6.45) is 2.61. The number of hydrogen-bond acceptors (Lipinski definition) is 0. The molecule has 0 saturated carbocycles. The summed E-state index contributed by atoms with van der Waals surface area (Å²) >= 11 is 0. The summed E-state index contributed by atoms with van der Waals surface area (Å²) in [7, 11) is 0. The Morgan fingerprint density at radius 1 is 1.38 bits per heavy atom. The summed E-state index contributed by atoms with van der Waals surface area (Å²) in [4.78, 5) is 0. The van der Waals surface area contributed by atoms with Crippen molar-refractivity contribution in [3.05, 3.63) is 5.92 Å². The average Bonchev–Trinajstić information content (AvgIpc) is 1.65. The highest BCUT2D eigenvalue weighted by Crippen LogP contribution is 2.14. The first-order valence-electron chi connectivity index (χ1n) is 3.45. The normalized spacial score (nSPS) is 14.6. The van der Waals surface area contributed by atoms with Crippen LogP contribution in [0.3, 0.4) is 0 Å². The third-order valence-electron chi connectivity index (χ3n) is 1.45. The minimum atomic E-state index is 0.889. The van der Waals surface area contributed by atoms with Crippen molar-refractivity contribution >= 4 is 0 Å². The summed E-state index contributed by atoms with van der Waals surface area (Å²) in [5.74, 6) is 2.44. The number of rotatable bonds is 3. The third-order valence-corrected chi connectivity index (χ3v) is 1.45. The van der Waals surface area contributed by atoms with Crippen LogP contribution in [-0.4, -0.2) is 0 Å². The molecule has 0 fully saturated rings. The van der Waals surface area contributed by atoms with Crippen LogP contribution >= 0.6 is 0 Å². The van der Waals surface area contributed by atoms with Crippen LogP contribution in [0.15, 0.2) is 0 Å². The van der Waals surface area contributed by atoms with E-state index >= 15 is 0 Å². The fourth-order valence-corrected chi connectivity index (χ4v) is 0.841. The van der Waals surface area contributed by atoms with E-state index in [2.05, 4.69) is 27.7 Å². The standard InChI is InChI=1S/C8H17/c1-5-8(4)6-7(2)3/h8H,5-6H2,1-4H3/q-1. The van der Waals surface area contributed by atoms with Crippen LogP contribution in [0.25, 0.3) is 0 Å². The second-order valence-corrected chi connectivity index (χ2v) is 2.92. The van der Waals surface area contributed by atoms with E-state index in [-0.39, 0.29) is 0 Å². The molecule has 0 spiro atoms. The molecular weight excluding hydrogens is 96.1 g/mol. The molecule has 0 saturated heterocycles. The molecule has 0 nitrogen and oxygen atoms in total. The first-order chi connectivity index (χ1) is 3.66. The lowest BCUT2D eigenvalue weighted by Gasteiger charge is -2.21. The van der Waals surface area contributed by atoms with Gasteiger partial charge in [-0.15, -0.1) is 0 Å². The Labute approximate surface area is 53.3 Å². The summed E-state index contributed by atoms with van der Waals surface area (Å²) in [5.41, 5.74) is 0. The van der Waals surface area contributed by atoms with Crippen molar-refractivity contribution in [2.75, 3.05) is 0 Å². The predicted octanol–water partition coefficient (Wildman–Crippen LogP) is 3.04. The van der Waals surface area contributed by atoms with Gasteiger partial charge in [0.2, 0.25) is 0 Å². The maximum atomic E-state index is 2.30. The monoisotopic (exact) mass is 113 g/mol. The molecule has 0 heterocycles. The van der Waals surface area contributed by atoms with Gasteiger partial charge in [-0.1, -0.05) is 26.2 Å². The Hall–Kier alpha value is 0. The van der Waals surface area contributed by atoms with Gasteiger partial charge < -0.3 is 5.92 Å². The highest BCUT2D eigenvalue weighted by Gasteiger charge is 1.91. The van der Waals surface area contributed by atoms with E-state index in [0.717, 1.165) is 5.92 Å². The molecule has 50 valence electrons. The minimum absolute atomic E-state index is 0.889. The Morgan fingerprint density at radius 3 is 2.00 bits per heavy atom. The van der Waals surface area contributed by atoms with Crippen LogP contribution in [0.4, 0.5) is 0 Å². The molecule has 0 aliphatic heterocycles. The molecule has 1 atom stereocenters. The largest absolute Gasteiger partial charge is 0.319 e. The first-order valence-corrected chi connectivity index (χ1v) is 3.45. The Kier molecular flexibility index (Phi) is 3.94. The topological polar surface area (TPSA) is 0 Å². The predicted molar refractivity (Wildman–Crippen MR) is 38.7 cm³/mol. The van der Waals surface area contributed by atoms with Gasteiger partial charge in [0.05, 0.1) is 0 Å². The van der Waals surface area contributed by atoms with Gasteiger partial charge in [-0.25, -0.2) is 0 Å². The van der Waals surface area contributed by atoms with Crippen LogP contribution in [-0.2, 0) is 0 Å². The van der Waals surface area contributed by atoms with Gasteiger partial charge in [0.1, 0.15) is 0 Å². The molecule has 0 radical (unpaired) electrons. The average molecular weight is 113 g/mol. The Balaban J connectivity index is 3.10. The summed E-state index contributed by atoms with van der Waals surface area (Å²) < 4.78 is 0. The van der Waals surface area contributed by atoms with Crippen LogP contribution in [0.1, 0.15) is 40.5 Å². The van der Waals surface area contributed by atoms with E-state index in [9.17, 15) is 0 Å². The first kappa shape index (κ1) is 8.00. The summed E-state index contributed by atoms with van der Waals surface area (Å²) in [5, 5.41) is 0. The number of hydrogen-bond donors (Lipinski definition) is 0. The van der Waals surface area contributed by atoms with Gasteiger partial charge in [-0.3, -0.25) is 0 Å². The molecule has 0 amide bonds. The Morgan fingerprint density at radius 2 is 1.88 bits per heavy atom. The van der Waals surface area contributed by atoms with Gasteiger partial charge >= 0.3 is 0 Å². The van der Waals surface area contributed by atoms with Gasteiger partial charge in [0, 0.05) is 0 Å². The second-order valence-electron chi connectivity index (χ2n) is 2.92. The smallest absolute Gasteiger partial charge is 0.0560 e. The van der Waals surface area contributed by atoms with E-state index in [1.54, 1.807) is 5.92 Å². The summed E-state index contributed by atoms with van der Waals surface area (Å²) in [6, 6.07) is 0. The van der Waals surface area contributed by atoms with Gasteiger partial charge in [0.15, 0.2) is 0 Å². The quantitative estimate of drug-likeness (QED) is 0.493. The molecule has 0 aromatic carbocycles. The zero-order chi connectivity index (χ0) is 6.57. The van der Waals surface area contributed by atoms with Crippen molar-refractivity contribution in [3.63, 3.8) is 0 Å². The lowest BCUT2D eigenvalue weighted by molar-refractivity contribution is 0.528. The molecule has 0 N–H and O–H groups in total. The second kappa shape index (κ2) is 3.94. The maximum absolute atomic E-state index is 2.30. The van der Waals surface area contributed by atoms with Gasteiger partial charge in [0.25, 0.3) is 0 Å². The lowest BCUT2D eigenvalue weighted by Crippen LogP contribution is -1.95. The molecule has 0 rings (SSSR count). The zero-order valence-corrected chi connectivity index (χ0v) is 6.49. The van der Waals surface area contributed by atoms with E-state index in [1.165, 1.54) is 12.8 Å². The fourth-order valence-electron chi connectivity index (χ4n) is 0.841. The molecule has 0 aliphatic rings. The van der Waals surface area contributed by atoms with Crippen molar-refractivity contribution in [3.8, 4) is 0 Å². The van der Waals surface area contributed by atoms with Crippen LogP contribution in [0.2, 0.25) is 0 Å². The molecule has 0 heteroatoms. The highest BCUT2D eigenvalue weighted by atomic mass is 14.1. The highest BCUT2D eigenvalue weighted by molar-refractivity contribution is 4.78. The van der Waals surface area contributed by atoms with Crippen LogP contribution in [0.5, 0.6) is 0 Å². The van der Waals surface area contributed by atoms with Crippen molar-refractivity contribution in [2.24, 2.45) is 5.92 Å². The van der Waals surface area contributed by atoms with Gasteiger partial charge in [-0.05, 0) is 0 Å². The van der Waals surface area contributed by atoms with Gasteiger partial charge in [-0.2, -0.15) is 20.3 Å². The zero-order valence-electron chi connectivity index (χ0n) is 6.49.